The van der Waals surface area contributed by atoms with E-state index in [1.807, 2.05) is 0 Å². The van der Waals surface area contributed by atoms with Crippen LogP contribution < -0.4 is 0 Å². The summed E-state index contributed by atoms with van der Waals surface area (Å²) in [4.78, 5) is 0. The summed E-state index contributed by atoms with van der Waals surface area (Å²) in [5.74, 6) is -3.59. The number of ether oxygens (including phenoxy) is 1. The average Bonchev–Trinajstić information content (AvgIpc) is 3.55. The van der Waals surface area contributed by atoms with Crippen LogP contribution in [0.3, 0.4) is 0 Å². The predicted octanol–water partition coefficient (Wildman–Crippen LogP) is 1.63. The van der Waals surface area contributed by atoms with Gasteiger partial charge in [-0.25, -0.2) is 17.9 Å². The zero-order valence-electron chi connectivity index (χ0n) is 19.6. The van der Waals surface area contributed by atoms with Gasteiger partial charge in [0.15, 0.2) is 17.5 Å². The predicted molar refractivity (Wildman–Crippen MR) is 120 cm³/mol. The molecule has 0 amide bonds. The Labute approximate surface area is 209 Å². The highest BCUT2D eigenvalue weighted by Gasteiger charge is 2.46. The molecule has 5 rings (SSSR count). The van der Waals surface area contributed by atoms with Crippen molar-refractivity contribution < 1.29 is 42.9 Å². The van der Waals surface area contributed by atoms with Crippen molar-refractivity contribution in [2.45, 2.75) is 74.6 Å². The lowest BCUT2D eigenvalue weighted by Gasteiger charge is -2.42. The van der Waals surface area contributed by atoms with Crippen molar-refractivity contribution in [3.8, 4) is 11.3 Å². The van der Waals surface area contributed by atoms with Crippen LogP contribution >= 0.6 is 0 Å². The number of aromatic nitrogens is 4. The van der Waals surface area contributed by atoms with Gasteiger partial charge in [0.2, 0.25) is 0 Å². The first kappa shape index (κ1) is 25.8. The Bertz CT molecular complexity index is 1210. The maximum atomic E-state index is 13.7. The van der Waals surface area contributed by atoms with E-state index in [-0.39, 0.29) is 29.7 Å². The normalized spacial score (nSPS) is 30.5. The molecule has 3 heterocycles. The summed E-state index contributed by atoms with van der Waals surface area (Å²) >= 11 is 0. The number of benzene rings is 1. The van der Waals surface area contributed by atoms with Gasteiger partial charge < -0.3 is 29.7 Å². The lowest BCUT2D eigenvalue weighted by molar-refractivity contribution is -0.205. The Morgan fingerprint density at radius 1 is 0.946 bits per heavy atom. The van der Waals surface area contributed by atoms with Crippen molar-refractivity contribution in [3.63, 3.8) is 0 Å². The van der Waals surface area contributed by atoms with Gasteiger partial charge in [0, 0.05) is 24.0 Å². The smallest absolute Gasteiger partial charge is 0.194 e. The molecule has 1 aromatic carbocycles. The molecular weight excluding hydrogens is 497 g/mol. The van der Waals surface area contributed by atoms with Crippen LogP contribution in [0.15, 0.2) is 28.9 Å². The van der Waals surface area contributed by atoms with Crippen molar-refractivity contribution in [1.29, 1.82) is 0 Å². The number of nitrogens with zero attached hydrogens (tertiary/aromatic N) is 4. The first-order valence-corrected chi connectivity index (χ1v) is 12.1. The van der Waals surface area contributed by atoms with Crippen molar-refractivity contribution in [2.24, 2.45) is 0 Å². The first-order valence-electron chi connectivity index (χ1n) is 12.1. The van der Waals surface area contributed by atoms with E-state index in [1.54, 1.807) is 6.07 Å². The molecule has 5 atom stereocenters. The molecule has 10 nitrogen and oxygen atoms in total. The van der Waals surface area contributed by atoms with Crippen molar-refractivity contribution in [3.05, 3.63) is 53.3 Å². The third kappa shape index (κ3) is 5.14. The molecule has 2 aliphatic rings. The minimum Gasteiger partial charge on any atom is -0.394 e. The van der Waals surface area contributed by atoms with Crippen molar-refractivity contribution in [2.75, 3.05) is 6.61 Å². The van der Waals surface area contributed by atoms with Gasteiger partial charge in [0.25, 0.3) is 0 Å². The molecule has 1 saturated carbocycles. The molecule has 0 radical (unpaired) electrons. The summed E-state index contributed by atoms with van der Waals surface area (Å²) in [5, 5.41) is 53.2. The lowest BCUT2D eigenvalue weighted by Crippen LogP contribution is -2.56. The van der Waals surface area contributed by atoms with Gasteiger partial charge in [0.05, 0.1) is 30.7 Å². The molecule has 0 unspecified atom stereocenters. The Hall–Kier alpha value is -2.84. The fraction of sp³-hybridized carbons (Fsp3) is 0.542. The summed E-state index contributed by atoms with van der Waals surface area (Å²) in [5.41, 5.74) is 0.410. The molecule has 4 N–H and O–H groups in total. The molecule has 2 fully saturated rings. The minimum atomic E-state index is -1.61. The number of halogens is 3. The molecule has 0 bridgehead atoms. The summed E-state index contributed by atoms with van der Waals surface area (Å²) in [6.07, 6.45) is -0.745. The van der Waals surface area contributed by atoms with Crippen LogP contribution in [0.25, 0.3) is 11.3 Å². The summed E-state index contributed by atoms with van der Waals surface area (Å²) in [6.45, 7) is -0.550. The Morgan fingerprint density at radius 3 is 2.30 bits per heavy atom. The van der Waals surface area contributed by atoms with E-state index in [0.29, 0.717) is 24.3 Å². The number of hydrogen-bond donors (Lipinski definition) is 4. The second kappa shape index (κ2) is 10.5. The van der Waals surface area contributed by atoms with Crippen LogP contribution in [0.1, 0.15) is 49.1 Å². The molecular formula is C24H27F3N4O6. The van der Waals surface area contributed by atoms with Crippen molar-refractivity contribution >= 4 is 0 Å². The van der Waals surface area contributed by atoms with Gasteiger partial charge >= 0.3 is 0 Å². The van der Waals surface area contributed by atoms with Crippen LogP contribution in [-0.4, -0.2) is 77.7 Å². The molecule has 37 heavy (non-hydrogen) atoms. The number of rotatable bonds is 6. The van der Waals surface area contributed by atoms with Crippen LogP contribution in [0.4, 0.5) is 13.2 Å². The summed E-state index contributed by atoms with van der Waals surface area (Å²) in [6, 6.07) is 2.17. The van der Waals surface area contributed by atoms with E-state index in [1.165, 1.54) is 6.20 Å². The Balaban J connectivity index is 1.35. The second-order valence-electron chi connectivity index (χ2n) is 9.64. The first-order chi connectivity index (χ1) is 17.7. The Kier molecular flexibility index (Phi) is 7.32. The second-order valence-corrected chi connectivity index (χ2v) is 9.64. The van der Waals surface area contributed by atoms with Crippen molar-refractivity contribution in [1.82, 2.24) is 20.2 Å². The fourth-order valence-corrected chi connectivity index (χ4v) is 5.10. The number of aliphatic hydroxyl groups is 4. The van der Waals surface area contributed by atoms with Gasteiger partial charge in [-0.2, -0.15) is 0 Å². The van der Waals surface area contributed by atoms with Crippen LogP contribution in [-0.2, 0) is 11.2 Å². The molecule has 13 heteroatoms. The van der Waals surface area contributed by atoms with E-state index >= 15 is 0 Å². The third-order valence-corrected chi connectivity index (χ3v) is 7.17. The van der Waals surface area contributed by atoms with E-state index < -0.39 is 54.5 Å². The molecule has 2 aromatic heterocycles. The fourth-order valence-electron chi connectivity index (χ4n) is 5.10. The molecule has 0 spiro atoms. The van der Waals surface area contributed by atoms with Gasteiger partial charge in [-0.15, -0.1) is 5.10 Å². The largest absolute Gasteiger partial charge is 0.394 e. The highest BCUT2D eigenvalue weighted by Crippen LogP contribution is 2.35. The van der Waals surface area contributed by atoms with E-state index in [2.05, 4.69) is 15.5 Å². The molecule has 3 aromatic rings. The zero-order chi connectivity index (χ0) is 26.3. The molecule has 1 aliphatic heterocycles. The van der Waals surface area contributed by atoms with Gasteiger partial charge in [0.1, 0.15) is 35.8 Å². The SMILES string of the molecule is OC[C@H]1O[C@H](Cc2cc(C3CCC(O)CC3)on2)[C@H](O)[C@@H](n2cc(-c3cc(F)c(F)c(F)c3)nn2)[C@H]1O. The molecule has 1 saturated heterocycles. The van der Waals surface area contributed by atoms with Crippen LogP contribution in [0.2, 0.25) is 0 Å². The number of aliphatic hydroxyl groups excluding tert-OH is 4. The highest BCUT2D eigenvalue weighted by molar-refractivity contribution is 5.57. The standard InChI is InChI=1S/C24H27F3N4O6/c25-15-5-12(6-16(26)21(15)27)17-9-31(30-28-17)22-23(34)19(36-20(10-32)24(22)35)8-13-7-18(37-29-13)11-1-3-14(33)4-2-11/h5-7,9,11,14,19-20,22-24,32-35H,1-4,8,10H2/t11?,14?,19-,20-,22-,23+,24+/m1/s1. The topological polar surface area (TPSA) is 147 Å². The highest BCUT2D eigenvalue weighted by atomic mass is 19.2. The summed E-state index contributed by atoms with van der Waals surface area (Å²) in [7, 11) is 0. The summed E-state index contributed by atoms with van der Waals surface area (Å²) < 4.78 is 53.1. The van der Waals surface area contributed by atoms with Crippen LogP contribution in [0.5, 0.6) is 0 Å². The van der Waals surface area contributed by atoms with Gasteiger partial charge in [-0.1, -0.05) is 10.4 Å². The average molecular weight is 524 g/mol. The molecule has 1 aliphatic carbocycles. The molecule has 200 valence electrons. The maximum absolute atomic E-state index is 13.7. The van der Waals surface area contributed by atoms with Crippen LogP contribution in [0, 0.1) is 17.5 Å². The van der Waals surface area contributed by atoms with E-state index in [9.17, 15) is 33.6 Å². The Morgan fingerprint density at radius 2 is 1.62 bits per heavy atom. The van der Waals surface area contributed by atoms with E-state index in [4.69, 9.17) is 9.26 Å². The maximum Gasteiger partial charge on any atom is 0.194 e. The minimum absolute atomic E-state index is 0.0143. The quantitative estimate of drug-likeness (QED) is 0.353. The van der Waals surface area contributed by atoms with Gasteiger partial charge in [-0.3, -0.25) is 0 Å². The van der Waals surface area contributed by atoms with Gasteiger partial charge in [-0.05, 0) is 37.8 Å². The zero-order valence-corrected chi connectivity index (χ0v) is 19.6. The lowest BCUT2D eigenvalue weighted by atomic mass is 9.85. The number of hydrogen-bond acceptors (Lipinski definition) is 9. The van der Waals surface area contributed by atoms with E-state index in [0.717, 1.165) is 29.7 Å². The third-order valence-electron chi connectivity index (χ3n) is 7.17. The monoisotopic (exact) mass is 524 g/mol.